The van der Waals surface area contributed by atoms with Crippen LogP contribution in [0.1, 0.15) is 29.5 Å². The number of ether oxygens (including phenoxy) is 1. The van der Waals surface area contributed by atoms with Gasteiger partial charge >= 0.3 is 0 Å². The third-order valence-corrected chi connectivity index (χ3v) is 5.20. The van der Waals surface area contributed by atoms with Gasteiger partial charge in [-0.3, -0.25) is 0 Å². The van der Waals surface area contributed by atoms with Crippen LogP contribution >= 0.6 is 22.9 Å². The van der Waals surface area contributed by atoms with Crippen molar-refractivity contribution in [1.82, 2.24) is 0 Å². The number of nitrogens with two attached hydrogens (primary N) is 1. The second-order valence-electron chi connectivity index (χ2n) is 5.68. The van der Waals surface area contributed by atoms with Crippen molar-refractivity contribution in [3.8, 4) is 17.6 Å². The molecule has 0 fully saturated rings. The molecule has 0 amide bonds. The number of aliphatic hydroxyl groups excluding tert-OH is 1. The summed E-state index contributed by atoms with van der Waals surface area (Å²) in [7, 11) is 0. The molecule has 128 valence electrons. The molecule has 3 nitrogen and oxygen atoms in total. The Morgan fingerprint density at radius 2 is 2.00 bits per heavy atom. The molecule has 2 rings (SSSR count). The molecule has 0 aliphatic carbocycles. The number of benzene rings is 1. The lowest BCUT2D eigenvalue weighted by atomic mass is 9.92. The molecular weight excluding hydrogens is 342 g/mol. The van der Waals surface area contributed by atoms with Gasteiger partial charge in [0.05, 0.1) is 11.5 Å². The van der Waals surface area contributed by atoms with E-state index in [1.54, 1.807) is 23.5 Å². The second kappa shape index (κ2) is 9.10. The van der Waals surface area contributed by atoms with E-state index in [-0.39, 0.29) is 6.61 Å². The molecule has 1 aromatic carbocycles. The van der Waals surface area contributed by atoms with E-state index in [9.17, 15) is 5.11 Å². The molecule has 0 saturated heterocycles. The fourth-order valence-electron chi connectivity index (χ4n) is 2.09. The molecule has 1 unspecified atom stereocenters. The summed E-state index contributed by atoms with van der Waals surface area (Å²) >= 11 is 7.48. The average molecular weight is 364 g/mol. The van der Waals surface area contributed by atoms with Gasteiger partial charge in [0, 0.05) is 15.4 Å². The molecule has 5 heteroatoms. The summed E-state index contributed by atoms with van der Waals surface area (Å²) in [4.78, 5) is 2.24. The van der Waals surface area contributed by atoms with Gasteiger partial charge in [0.1, 0.15) is 12.4 Å². The topological polar surface area (TPSA) is 55.5 Å². The minimum Gasteiger partial charge on any atom is -0.481 e. The van der Waals surface area contributed by atoms with Crippen LogP contribution in [0, 0.1) is 11.8 Å². The normalized spacial score (nSPS) is 13.0. The van der Waals surface area contributed by atoms with Crippen molar-refractivity contribution in [2.24, 2.45) is 5.73 Å². The summed E-state index contributed by atoms with van der Waals surface area (Å²) in [5.41, 5.74) is 5.63. The predicted octanol–water partition coefficient (Wildman–Crippen LogP) is 3.86. The van der Waals surface area contributed by atoms with Gasteiger partial charge in [-0.1, -0.05) is 30.4 Å². The average Bonchev–Trinajstić information content (AvgIpc) is 3.06. The van der Waals surface area contributed by atoms with Crippen molar-refractivity contribution in [3.05, 3.63) is 51.2 Å². The molecule has 1 atom stereocenters. The number of hydrogen-bond acceptors (Lipinski definition) is 4. The van der Waals surface area contributed by atoms with Crippen molar-refractivity contribution >= 4 is 22.9 Å². The number of hydrogen-bond donors (Lipinski definition) is 2. The number of thiophene rings is 1. The fourth-order valence-corrected chi connectivity index (χ4v) is 3.10. The maximum Gasteiger partial charge on any atom is 0.149 e. The Kier molecular flexibility index (Phi) is 7.14. The molecule has 0 bridgehead atoms. The minimum absolute atomic E-state index is 0.0174. The molecule has 0 aliphatic rings. The Bertz CT molecular complexity index is 696. The van der Waals surface area contributed by atoms with E-state index in [0.717, 1.165) is 29.9 Å². The SMILES string of the molecule is CCC(N)(CO)CCc1ccc(C#CCOc2ccc(Cl)cc2)s1. The molecule has 1 aromatic heterocycles. The number of rotatable bonds is 7. The second-order valence-corrected chi connectivity index (χ2v) is 7.29. The largest absolute Gasteiger partial charge is 0.481 e. The quantitative estimate of drug-likeness (QED) is 0.734. The lowest BCUT2D eigenvalue weighted by Gasteiger charge is -2.25. The van der Waals surface area contributed by atoms with Gasteiger partial charge in [-0.2, -0.15) is 0 Å². The number of aliphatic hydroxyl groups is 1. The van der Waals surface area contributed by atoms with E-state index < -0.39 is 5.54 Å². The van der Waals surface area contributed by atoms with Gasteiger partial charge in [0.2, 0.25) is 0 Å². The molecule has 0 aliphatic heterocycles. The summed E-state index contributed by atoms with van der Waals surface area (Å²) in [5.74, 6) is 6.88. The van der Waals surface area contributed by atoms with Gasteiger partial charge in [0.15, 0.2) is 0 Å². The standard InChI is InChI=1S/C19H22ClNO2S/c1-2-19(21,14-22)12-11-18-10-9-17(24-18)4-3-13-23-16-7-5-15(20)6-8-16/h5-10,22H,2,11-14,21H2,1H3. The van der Waals surface area contributed by atoms with Crippen molar-refractivity contribution < 1.29 is 9.84 Å². The highest BCUT2D eigenvalue weighted by Crippen LogP contribution is 2.21. The Labute approximate surface area is 152 Å². The van der Waals surface area contributed by atoms with E-state index in [1.807, 2.05) is 25.1 Å². The van der Waals surface area contributed by atoms with Crippen LogP contribution in [0.2, 0.25) is 5.02 Å². The van der Waals surface area contributed by atoms with Crippen LogP contribution < -0.4 is 10.5 Å². The Balaban J connectivity index is 1.82. The molecule has 24 heavy (non-hydrogen) atoms. The van der Waals surface area contributed by atoms with Crippen molar-refractivity contribution in [2.75, 3.05) is 13.2 Å². The van der Waals surface area contributed by atoms with Crippen LogP contribution in [0.5, 0.6) is 5.75 Å². The van der Waals surface area contributed by atoms with Crippen molar-refractivity contribution in [3.63, 3.8) is 0 Å². The third-order valence-electron chi connectivity index (χ3n) is 3.89. The maximum atomic E-state index is 9.36. The molecule has 0 radical (unpaired) electrons. The Morgan fingerprint density at radius 1 is 1.25 bits per heavy atom. The fraction of sp³-hybridized carbons (Fsp3) is 0.368. The lowest BCUT2D eigenvalue weighted by Crippen LogP contribution is -2.43. The van der Waals surface area contributed by atoms with E-state index in [0.29, 0.717) is 11.6 Å². The highest BCUT2D eigenvalue weighted by atomic mass is 35.5. The molecule has 2 aromatic rings. The maximum absolute atomic E-state index is 9.36. The highest BCUT2D eigenvalue weighted by Gasteiger charge is 2.21. The predicted molar refractivity (Wildman–Crippen MR) is 101 cm³/mol. The summed E-state index contributed by atoms with van der Waals surface area (Å²) in [5, 5.41) is 10.0. The van der Waals surface area contributed by atoms with Crippen LogP contribution in [0.4, 0.5) is 0 Å². The van der Waals surface area contributed by atoms with Crippen molar-refractivity contribution in [1.29, 1.82) is 0 Å². The van der Waals surface area contributed by atoms with E-state index in [2.05, 4.69) is 17.9 Å². The van der Waals surface area contributed by atoms with Gasteiger partial charge in [-0.15, -0.1) is 11.3 Å². The number of aryl methyl sites for hydroxylation is 1. The first-order chi connectivity index (χ1) is 11.5. The Hall–Kier alpha value is -1.51. The van der Waals surface area contributed by atoms with Gasteiger partial charge < -0.3 is 15.6 Å². The zero-order chi connectivity index (χ0) is 17.4. The summed E-state index contributed by atoms with van der Waals surface area (Å²) in [6, 6.07) is 11.3. The smallest absolute Gasteiger partial charge is 0.149 e. The summed E-state index contributed by atoms with van der Waals surface area (Å²) in [6.45, 7) is 2.35. The molecular formula is C19H22ClNO2S. The minimum atomic E-state index is -0.484. The van der Waals surface area contributed by atoms with Crippen LogP contribution in [-0.2, 0) is 6.42 Å². The monoisotopic (exact) mass is 363 g/mol. The lowest BCUT2D eigenvalue weighted by molar-refractivity contribution is 0.183. The van der Waals surface area contributed by atoms with Gasteiger partial charge in [-0.05, 0) is 55.7 Å². The zero-order valence-electron chi connectivity index (χ0n) is 13.7. The van der Waals surface area contributed by atoms with E-state index in [1.165, 1.54) is 4.88 Å². The van der Waals surface area contributed by atoms with Crippen molar-refractivity contribution in [2.45, 2.75) is 31.7 Å². The van der Waals surface area contributed by atoms with Crippen LogP contribution in [0.3, 0.4) is 0 Å². The first-order valence-electron chi connectivity index (χ1n) is 7.90. The van der Waals surface area contributed by atoms with Crippen LogP contribution in [0.15, 0.2) is 36.4 Å². The van der Waals surface area contributed by atoms with E-state index >= 15 is 0 Å². The zero-order valence-corrected chi connectivity index (χ0v) is 15.3. The summed E-state index contributed by atoms with van der Waals surface area (Å²) in [6.07, 6.45) is 2.40. The van der Waals surface area contributed by atoms with E-state index in [4.69, 9.17) is 22.1 Å². The number of halogens is 1. The van der Waals surface area contributed by atoms with Crippen LogP contribution in [-0.4, -0.2) is 23.9 Å². The van der Waals surface area contributed by atoms with Crippen LogP contribution in [0.25, 0.3) is 0 Å². The first-order valence-corrected chi connectivity index (χ1v) is 9.10. The van der Waals surface area contributed by atoms with Gasteiger partial charge in [-0.25, -0.2) is 0 Å². The van der Waals surface area contributed by atoms with Gasteiger partial charge in [0.25, 0.3) is 0 Å². The molecule has 1 heterocycles. The third kappa shape index (κ3) is 5.85. The Morgan fingerprint density at radius 3 is 2.67 bits per heavy atom. The first kappa shape index (κ1) is 18.8. The molecule has 3 N–H and O–H groups in total. The molecule has 0 spiro atoms. The highest BCUT2D eigenvalue weighted by molar-refractivity contribution is 7.12. The molecule has 0 saturated carbocycles. The summed E-state index contributed by atoms with van der Waals surface area (Å²) < 4.78 is 5.54.